The predicted molar refractivity (Wildman–Crippen MR) is 94.7 cm³/mol. The van der Waals surface area contributed by atoms with Gasteiger partial charge in [-0.15, -0.1) is 0 Å². The van der Waals surface area contributed by atoms with Crippen molar-refractivity contribution >= 4 is 28.8 Å². The number of nitriles is 2. The van der Waals surface area contributed by atoms with Crippen LogP contribution in [0.3, 0.4) is 0 Å². The smallest absolute Gasteiger partial charge is 0.101 e. The Balaban J connectivity index is 1.96. The molecule has 0 fully saturated rings. The van der Waals surface area contributed by atoms with Crippen molar-refractivity contribution < 1.29 is 0 Å². The largest absolute Gasteiger partial charge is 0.308 e. The van der Waals surface area contributed by atoms with Crippen LogP contribution in [-0.2, 0) is 0 Å². The van der Waals surface area contributed by atoms with Crippen molar-refractivity contribution in [1.82, 2.24) is 0 Å². The van der Waals surface area contributed by atoms with Crippen LogP contribution in [0.4, 0.5) is 17.1 Å². The number of hydrogen-bond acceptors (Lipinski definition) is 4. The molecule has 0 spiro atoms. The maximum absolute atomic E-state index is 9.34. The van der Waals surface area contributed by atoms with E-state index in [1.807, 2.05) is 30.3 Å². The molecule has 4 rings (SSSR count). The summed E-state index contributed by atoms with van der Waals surface area (Å²) >= 11 is 1.74. The topological polar surface area (TPSA) is 50.8 Å². The fraction of sp³-hybridized carbons (Fsp3) is 0. The van der Waals surface area contributed by atoms with Crippen LogP contribution in [0.1, 0.15) is 11.1 Å². The highest BCUT2D eigenvalue weighted by molar-refractivity contribution is 7.99. The molecule has 1 heterocycles. The molecule has 0 aromatic heterocycles. The predicted octanol–water partition coefficient (Wildman–Crippen LogP) is 5.36. The first-order chi connectivity index (χ1) is 11.8. The van der Waals surface area contributed by atoms with E-state index in [2.05, 4.69) is 41.3 Å². The van der Waals surface area contributed by atoms with Crippen molar-refractivity contribution in [3.8, 4) is 12.1 Å². The molecule has 1 aliphatic heterocycles. The van der Waals surface area contributed by atoms with Gasteiger partial charge >= 0.3 is 0 Å². The van der Waals surface area contributed by atoms with Crippen LogP contribution < -0.4 is 4.90 Å². The Hall–Kier alpha value is -3.21. The third kappa shape index (κ3) is 2.22. The van der Waals surface area contributed by atoms with Gasteiger partial charge in [-0.3, -0.25) is 0 Å². The highest BCUT2D eigenvalue weighted by Gasteiger charge is 2.24. The average molecular weight is 325 g/mol. The zero-order valence-corrected chi connectivity index (χ0v) is 13.4. The first-order valence-corrected chi connectivity index (χ1v) is 8.24. The zero-order valence-electron chi connectivity index (χ0n) is 12.6. The monoisotopic (exact) mass is 325 g/mol. The Bertz CT molecular complexity index is 982. The van der Waals surface area contributed by atoms with Gasteiger partial charge in [-0.05, 0) is 42.5 Å². The molecule has 1 aliphatic rings. The Labute approximate surface area is 144 Å². The van der Waals surface area contributed by atoms with E-state index >= 15 is 0 Å². The van der Waals surface area contributed by atoms with Crippen molar-refractivity contribution in [2.45, 2.75) is 9.79 Å². The second-order valence-corrected chi connectivity index (χ2v) is 6.41. The summed E-state index contributed by atoms with van der Waals surface area (Å²) in [4.78, 5) is 4.47. The molecular weight excluding hydrogens is 314 g/mol. The van der Waals surface area contributed by atoms with Crippen LogP contribution in [0.25, 0.3) is 0 Å². The Kier molecular flexibility index (Phi) is 3.46. The summed E-state index contributed by atoms with van der Waals surface area (Å²) in [6.07, 6.45) is 0. The number of para-hydroxylation sites is 2. The van der Waals surface area contributed by atoms with Crippen molar-refractivity contribution in [3.05, 3.63) is 77.9 Å². The van der Waals surface area contributed by atoms with Crippen LogP contribution in [0.15, 0.2) is 76.5 Å². The average Bonchev–Trinajstić information content (AvgIpc) is 2.65. The number of hydrogen-bond donors (Lipinski definition) is 0. The molecule has 24 heavy (non-hydrogen) atoms. The van der Waals surface area contributed by atoms with Gasteiger partial charge in [0.05, 0.1) is 22.5 Å². The fourth-order valence-corrected chi connectivity index (χ4v) is 3.90. The van der Waals surface area contributed by atoms with Crippen LogP contribution in [0.2, 0.25) is 0 Å². The molecule has 0 aliphatic carbocycles. The molecule has 0 saturated heterocycles. The highest BCUT2D eigenvalue weighted by atomic mass is 32.2. The first kappa shape index (κ1) is 14.4. The standard InChI is InChI=1S/C20H11N3S/c21-12-14-9-10-16(11-15(14)13-22)23-17-5-1-3-7-19(17)24-20-8-4-2-6-18(20)23/h1-11H. The number of fused-ring (bicyclic) bond motifs is 2. The summed E-state index contributed by atoms with van der Waals surface area (Å²) < 4.78 is 0. The molecule has 112 valence electrons. The fourth-order valence-electron chi connectivity index (χ4n) is 2.84. The highest BCUT2D eigenvalue weighted by Crippen LogP contribution is 2.51. The number of rotatable bonds is 1. The SMILES string of the molecule is N#Cc1ccc(N2c3ccccc3Sc3ccccc32)cc1C#N. The quantitative estimate of drug-likeness (QED) is 0.472. The van der Waals surface area contributed by atoms with E-state index in [1.54, 1.807) is 23.9 Å². The van der Waals surface area contributed by atoms with Crippen LogP contribution >= 0.6 is 11.8 Å². The van der Waals surface area contributed by atoms with Crippen molar-refractivity contribution in [3.63, 3.8) is 0 Å². The molecule has 0 atom stereocenters. The van der Waals surface area contributed by atoms with Crippen molar-refractivity contribution in [2.75, 3.05) is 4.90 Å². The number of anilines is 3. The Morgan fingerprint density at radius 1 is 0.708 bits per heavy atom. The number of nitrogens with zero attached hydrogens (tertiary/aromatic N) is 3. The molecule has 0 radical (unpaired) electrons. The van der Waals surface area contributed by atoms with Gasteiger partial charge in [0.25, 0.3) is 0 Å². The minimum atomic E-state index is 0.392. The van der Waals surface area contributed by atoms with Crippen LogP contribution in [0.5, 0.6) is 0 Å². The van der Waals surface area contributed by atoms with Gasteiger partial charge in [0, 0.05) is 15.5 Å². The van der Waals surface area contributed by atoms with Crippen molar-refractivity contribution in [2.24, 2.45) is 0 Å². The molecule has 3 aromatic rings. The third-order valence-corrected chi connectivity index (χ3v) is 5.06. The van der Waals surface area contributed by atoms with E-state index in [4.69, 9.17) is 5.26 Å². The second-order valence-electron chi connectivity index (χ2n) is 5.33. The summed E-state index contributed by atoms with van der Waals surface area (Å²) in [5.74, 6) is 0. The molecule has 4 heteroatoms. The molecule has 0 bridgehead atoms. The van der Waals surface area contributed by atoms with Gasteiger partial charge in [0.15, 0.2) is 0 Å². The maximum atomic E-state index is 9.34. The van der Waals surface area contributed by atoms with Gasteiger partial charge in [-0.2, -0.15) is 10.5 Å². The first-order valence-electron chi connectivity index (χ1n) is 7.42. The van der Waals surface area contributed by atoms with Crippen LogP contribution in [0, 0.1) is 22.7 Å². The normalized spacial score (nSPS) is 11.8. The molecule has 0 unspecified atom stereocenters. The van der Waals surface area contributed by atoms with Crippen LogP contribution in [-0.4, -0.2) is 0 Å². The van der Waals surface area contributed by atoms with Gasteiger partial charge in [0.2, 0.25) is 0 Å². The minimum absolute atomic E-state index is 0.392. The molecule has 0 amide bonds. The van der Waals surface area contributed by atoms with E-state index < -0.39 is 0 Å². The molecule has 0 N–H and O–H groups in total. The maximum Gasteiger partial charge on any atom is 0.101 e. The summed E-state index contributed by atoms with van der Waals surface area (Å²) in [5.41, 5.74) is 3.83. The lowest BCUT2D eigenvalue weighted by Crippen LogP contribution is -2.14. The summed E-state index contributed by atoms with van der Waals surface area (Å²) in [7, 11) is 0. The molecule has 3 nitrogen and oxygen atoms in total. The van der Waals surface area contributed by atoms with E-state index in [0.717, 1.165) is 17.1 Å². The molecule has 0 saturated carbocycles. The van der Waals surface area contributed by atoms with Gasteiger partial charge in [-0.1, -0.05) is 36.0 Å². The summed E-state index contributed by atoms with van der Waals surface area (Å²) in [6, 6.07) is 26.0. The van der Waals surface area contributed by atoms with E-state index in [1.165, 1.54) is 9.79 Å². The minimum Gasteiger partial charge on any atom is -0.308 e. The lowest BCUT2D eigenvalue weighted by atomic mass is 10.1. The Morgan fingerprint density at radius 3 is 1.88 bits per heavy atom. The Morgan fingerprint density at radius 2 is 1.29 bits per heavy atom. The zero-order chi connectivity index (χ0) is 16.5. The molecule has 3 aromatic carbocycles. The van der Waals surface area contributed by atoms with E-state index in [-0.39, 0.29) is 0 Å². The van der Waals surface area contributed by atoms with Gasteiger partial charge < -0.3 is 4.90 Å². The molecular formula is C20H11N3S. The van der Waals surface area contributed by atoms with E-state index in [0.29, 0.717) is 11.1 Å². The lowest BCUT2D eigenvalue weighted by molar-refractivity contribution is 1.16. The third-order valence-electron chi connectivity index (χ3n) is 3.93. The van der Waals surface area contributed by atoms with Gasteiger partial charge in [0.1, 0.15) is 12.1 Å². The van der Waals surface area contributed by atoms with E-state index in [9.17, 15) is 5.26 Å². The number of benzene rings is 3. The summed E-state index contributed by atoms with van der Waals surface area (Å²) in [5, 5.41) is 18.5. The second kappa shape index (κ2) is 5.77. The summed E-state index contributed by atoms with van der Waals surface area (Å²) in [6.45, 7) is 0. The van der Waals surface area contributed by atoms with Crippen molar-refractivity contribution in [1.29, 1.82) is 10.5 Å². The lowest BCUT2D eigenvalue weighted by Gasteiger charge is -2.32. The van der Waals surface area contributed by atoms with Gasteiger partial charge in [-0.25, -0.2) is 0 Å².